The van der Waals surface area contributed by atoms with Crippen LogP contribution in [0.5, 0.6) is 0 Å². The highest BCUT2D eigenvalue weighted by molar-refractivity contribution is 7.09. The molecule has 0 aliphatic heterocycles. The van der Waals surface area contributed by atoms with Gasteiger partial charge in [0.15, 0.2) is 0 Å². The number of rotatable bonds is 5. The number of aromatic nitrogens is 3. The van der Waals surface area contributed by atoms with Crippen molar-refractivity contribution in [2.75, 3.05) is 0 Å². The predicted molar refractivity (Wildman–Crippen MR) is 77.5 cm³/mol. The Hall–Kier alpha value is -1.20. The van der Waals surface area contributed by atoms with Crippen LogP contribution in [-0.2, 0) is 0 Å². The van der Waals surface area contributed by atoms with Crippen molar-refractivity contribution in [1.82, 2.24) is 19.9 Å². The summed E-state index contributed by atoms with van der Waals surface area (Å²) in [5.41, 5.74) is 2.33. The fourth-order valence-electron chi connectivity index (χ4n) is 2.32. The summed E-state index contributed by atoms with van der Waals surface area (Å²) in [5.74, 6) is 0. The molecule has 19 heavy (non-hydrogen) atoms. The lowest BCUT2D eigenvalue weighted by atomic mass is 10.2. The Bertz CT molecular complexity index is 553. The maximum atomic E-state index is 4.66. The molecule has 1 fully saturated rings. The van der Waals surface area contributed by atoms with Crippen molar-refractivity contribution in [1.29, 1.82) is 0 Å². The van der Waals surface area contributed by atoms with Crippen LogP contribution in [0.2, 0.25) is 0 Å². The topological polar surface area (TPSA) is 42.7 Å². The van der Waals surface area contributed by atoms with E-state index in [4.69, 9.17) is 0 Å². The normalized spacial score (nSPS) is 17.1. The maximum Gasteiger partial charge on any atom is 0.116 e. The Labute approximate surface area is 117 Å². The van der Waals surface area contributed by atoms with Crippen LogP contribution >= 0.6 is 11.3 Å². The molecule has 5 heteroatoms. The fraction of sp³-hybridized carbons (Fsp3) is 0.571. The minimum atomic E-state index is 0.154. The van der Waals surface area contributed by atoms with Gasteiger partial charge in [0.25, 0.3) is 0 Å². The molecule has 0 bridgehead atoms. The second-order valence-electron chi connectivity index (χ2n) is 5.54. The molecule has 1 saturated carbocycles. The minimum Gasteiger partial charge on any atom is -0.330 e. The number of nitrogens with zero attached hydrogens (tertiary/aromatic N) is 3. The molecule has 3 rings (SSSR count). The quantitative estimate of drug-likeness (QED) is 0.912. The molecule has 1 N–H and O–H groups in total. The fourth-order valence-corrected chi connectivity index (χ4v) is 3.18. The van der Waals surface area contributed by atoms with Gasteiger partial charge in [-0.1, -0.05) is 0 Å². The van der Waals surface area contributed by atoms with Gasteiger partial charge in [0, 0.05) is 23.2 Å². The van der Waals surface area contributed by atoms with Gasteiger partial charge in [-0.25, -0.2) is 9.97 Å². The van der Waals surface area contributed by atoms with E-state index in [1.165, 1.54) is 18.5 Å². The van der Waals surface area contributed by atoms with Crippen molar-refractivity contribution in [3.63, 3.8) is 0 Å². The van der Waals surface area contributed by atoms with Crippen molar-refractivity contribution < 1.29 is 0 Å². The molecule has 0 aromatic carbocycles. The zero-order valence-electron chi connectivity index (χ0n) is 11.6. The molecule has 2 heterocycles. The first-order chi connectivity index (χ1) is 9.15. The summed E-state index contributed by atoms with van der Waals surface area (Å²) in [7, 11) is 0. The first kappa shape index (κ1) is 12.8. The van der Waals surface area contributed by atoms with Gasteiger partial charge in [-0.3, -0.25) is 0 Å². The maximum absolute atomic E-state index is 4.66. The first-order valence-electron chi connectivity index (χ1n) is 6.85. The third kappa shape index (κ3) is 2.72. The number of hydrogen-bond acceptors (Lipinski definition) is 4. The molecule has 0 saturated heterocycles. The molecule has 1 aliphatic carbocycles. The van der Waals surface area contributed by atoms with Crippen LogP contribution in [-0.4, -0.2) is 20.6 Å². The summed E-state index contributed by atoms with van der Waals surface area (Å²) < 4.78 is 2.32. The van der Waals surface area contributed by atoms with Crippen LogP contribution in [0.3, 0.4) is 0 Å². The predicted octanol–water partition coefficient (Wildman–Crippen LogP) is 3.07. The molecule has 0 spiro atoms. The van der Waals surface area contributed by atoms with Crippen LogP contribution in [0.25, 0.3) is 0 Å². The summed E-state index contributed by atoms with van der Waals surface area (Å²) in [6.45, 7) is 6.39. The average Bonchev–Trinajstić information content (AvgIpc) is 2.93. The summed E-state index contributed by atoms with van der Waals surface area (Å²) in [6, 6.07) is 1.22. The van der Waals surface area contributed by atoms with Gasteiger partial charge in [0.1, 0.15) is 11.0 Å². The average molecular weight is 276 g/mol. The van der Waals surface area contributed by atoms with Crippen molar-refractivity contribution in [3.05, 3.63) is 34.3 Å². The van der Waals surface area contributed by atoms with E-state index in [0.29, 0.717) is 12.1 Å². The van der Waals surface area contributed by atoms with Crippen LogP contribution in [0.1, 0.15) is 55.2 Å². The van der Waals surface area contributed by atoms with Crippen molar-refractivity contribution in [2.24, 2.45) is 0 Å². The molecule has 102 valence electrons. The lowest BCUT2D eigenvalue weighted by molar-refractivity contribution is 0.498. The zero-order valence-corrected chi connectivity index (χ0v) is 12.4. The Morgan fingerprint density at radius 1 is 1.42 bits per heavy atom. The molecule has 1 atom stereocenters. The van der Waals surface area contributed by atoms with Gasteiger partial charge >= 0.3 is 0 Å². The summed E-state index contributed by atoms with van der Waals surface area (Å²) in [6.07, 6.45) is 6.49. The van der Waals surface area contributed by atoms with Crippen molar-refractivity contribution in [2.45, 2.75) is 51.7 Å². The van der Waals surface area contributed by atoms with Gasteiger partial charge in [-0.15, -0.1) is 11.3 Å². The molecule has 1 aliphatic rings. The van der Waals surface area contributed by atoms with E-state index in [1.54, 1.807) is 11.3 Å². The highest BCUT2D eigenvalue weighted by atomic mass is 32.1. The molecule has 2 aromatic heterocycles. The lowest BCUT2D eigenvalue weighted by Gasteiger charge is -2.20. The summed E-state index contributed by atoms with van der Waals surface area (Å²) in [4.78, 5) is 9.00. The van der Waals surface area contributed by atoms with Crippen molar-refractivity contribution >= 4 is 11.3 Å². The third-order valence-corrected chi connectivity index (χ3v) is 4.34. The molecular formula is C14H20N4S. The highest BCUT2D eigenvalue weighted by Crippen LogP contribution is 2.38. The largest absolute Gasteiger partial charge is 0.330 e. The highest BCUT2D eigenvalue weighted by Gasteiger charge is 2.29. The van der Waals surface area contributed by atoms with Gasteiger partial charge in [-0.2, -0.15) is 0 Å². The van der Waals surface area contributed by atoms with Gasteiger partial charge < -0.3 is 9.88 Å². The summed E-state index contributed by atoms with van der Waals surface area (Å²) >= 11 is 1.72. The van der Waals surface area contributed by atoms with E-state index in [2.05, 4.69) is 39.1 Å². The van der Waals surface area contributed by atoms with E-state index in [9.17, 15) is 0 Å². The smallest absolute Gasteiger partial charge is 0.116 e. The number of imidazole rings is 1. The summed E-state index contributed by atoms with van der Waals surface area (Å²) in [5, 5.41) is 6.87. The molecular weight excluding hydrogens is 256 g/mol. The Morgan fingerprint density at radius 3 is 2.79 bits per heavy atom. The van der Waals surface area contributed by atoms with E-state index in [1.807, 2.05) is 19.4 Å². The van der Waals surface area contributed by atoms with Gasteiger partial charge in [0.2, 0.25) is 0 Å². The number of thiazole rings is 1. The van der Waals surface area contributed by atoms with E-state index >= 15 is 0 Å². The standard InChI is InChI=1S/C14H20N4S/c1-9(2)16-13(14-17-10(3)7-19-14)12-6-15-8-18(12)11-4-5-11/h6-9,11,13,16H,4-5H2,1-3H3. The minimum absolute atomic E-state index is 0.154. The third-order valence-electron chi connectivity index (χ3n) is 3.32. The van der Waals surface area contributed by atoms with Crippen LogP contribution in [0, 0.1) is 6.92 Å². The Kier molecular flexibility index (Phi) is 3.41. The molecule has 2 aromatic rings. The van der Waals surface area contributed by atoms with Gasteiger partial charge in [0.05, 0.1) is 18.2 Å². The van der Waals surface area contributed by atoms with Crippen LogP contribution in [0.4, 0.5) is 0 Å². The second kappa shape index (κ2) is 5.06. The van der Waals surface area contributed by atoms with Crippen LogP contribution in [0.15, 0.2) is 17.9 Å². The number of nitrogens with one attached hydrogen (secondary N) is 1. The van der Waals surface area contributed by atoms with E-state index in [-0.39, 0.29) is 6.04 Å². The number of aryl methyl sites for hydroxylation is 1. The Balaban J connectivity index is 1.96. The molecule has 1 unspecified atom stereocenters. The first-order valence-corrected chi connectivity index (χ1v) is 7.73. The van der Waals surface area contributed by atoms with Crippen molar-refractivity contribution in [3.8, 4) is 0 Å². The number of hydrogen-bond donors (Lipinski definition) is 1. The SMILES string of the molecule is Cc1csc(C(NC(C)C)c2cncn2C2CC2)n1. The monoisotopic (exact) mass is 276 g/mol. The zero-order chi connectivity index (χ0) is 13.4. The van der Waals surface area contributed by atoms with E-state index < -0.39 is 0 Å². The second-order valence-corrected chi connectivity index (χ2v) is 6.43. The van der Waals surface area contributed by atoms with Crippen LogP contribution < -0.4 is 5.32 Å². The molecule has 4 nitrogen and oxygen atoms in total. The Morgan fingerprint density at radius 2 is 2.21 bits per heavy atom. The molecule has 0 radical (unpaired) electrons. The van der Waals surface area contributed by atoms with Gasteiger partial charge in [-0.05, 0) is 33.6 Å². The van der Waals surface area contributed by atoms with E-state index in [0.717, 1.165) is 10.7 Å². The molecule has 0 amide bonds. The lowest BCUT2D eigenvalue weighted by Crippen LogP contribution is -2.30.